The van der Waals surface area contributed by atoms with E-state index < -0.39 is 16.1 Å². The average molecular weight is 372 g/mol. The van der Waals surface area contributed by atoms with E-state index in [2.05, 4.69) is 0 Å². The molecule has 0 aliphatic rings. The third kappa shape index (κ3) is 4.68. The van der Waals surface area contributed by atoms with Gasteiger partial charge in [0.1, 0.15) is 0 Å². The molecule has 138 valence electrons. The molecule has 0 radical (unpaired) electrons. The van der Waals surface area contributed by atoms with E-state index in [1.165, 1.54) is 4.31 Å². The zero-order valence-corrected chi connectivity index (χ0v) is 16.5. The van der Waals surface area contributed by atoms with Crippen LogP contribution in [0.3, 0.4) is 0 Å². The molecule has 1 unspecified atom stereocenters. The third-order valence-corrected chi connectivity index (χ3v) is 6.13. The minimum Gasteiger partial charge on any atom is -0.292 e. The summed E-state index contributed by atoms with van der Waals surface area (Å²) in [6.45, 7) is 7.50. The summed E-state index contributed by atoms with van der Waals surface area (Å²) in [7, 11) is -3.80. The number of ketones is 1. The Morgan fingerprint density at radius 3 is 2.15 bits per heavy atom. The lowest BCUT2D eigenvalue weighted by atomic mass is 10.1. The number of Topliss-reactive ketones (excluding diaryl/α,β-unsaturated/α-hetero) is 1. The first-order valence-corrected chi connectivity index (χ1v) is 9.98. The SMILES string of the molecule is CC(C)=CCN(C(C)C(=O)c1ccccc1)S(=O)(=O)c1ccc(C)cc1. The van der Waals surface area contributed by atoms with Crippen LogP contribution in [-0.4, -0.2) is 31.1 Å². The quantitative estimate of drug-likeness (QED) is 0.541. The molecule has 0 aliphatic carbocycles. The van der Waals surface area contributed by atoms with E-state index in [-0.39, 0.29) is 17.2 Å². The Morgan fingerprint density at radius 2 is 1.62 bits per heavy atom. The van der Waals surface area contributed by atoms with Crippen LogP contribution in [0.5, 0.6) is 0 Å². The Hall–Kier alpha value is -2.24. The number of aryl methyl sites for hydroxylation is 1. The molecule has 0 saturated carbocycles. The average Bonchev–Trinajstić information content (AvgIpc) is 2.61. The summed E-state index contributed by atoms with van der Waals surface area (Å²) in [5.41, 5.74) is 2.47. The molecule has 5 heteroatoms. The summed E-state index contributed by atoms with van der Waals surface area (Å²) in [5.74, 6) is -0.219. The maximum Gasteiger partial charge on any atom is 0.244 e. The van der Waals surface area contributed by atoms with Crippen molar-refractivity contribution in [2.45, 2.75) is 38.6 Å². The molecule has 1 atom stereocenters. The molecule has 0 spiro atoms. The molecular formula is C21H25NO3S. The maximum absolute atomic E-state index is 13.2. The lowest BCUT2D eigenvalue weighted by Crippen LogP contribution is -2.43. The Morgan fingerprint density at radius 1 is 1.04 bits per heavy atom. The Bertz CT molecular complexity index is 881. The van der Waals surface area contributed by atoms with Gasteiger partial charge in [0.15, 0.2) is 5.78 Å². The van der Waals surface area contributed by atoms with Crippen LogP contribution >= 0.6 is 0 Å². The van der Waals surface area contributed by atoms with Crippen molar-refractivity contribution >= 4 is 15.8 Å². The highest BCUT2D eigenvalue weighted by Crippen LogP contribution is 2.21. The predicted molar refractivity (Wildman–Crippen MR) is 105 cm³/mol. The van der Waals surface area contributed by atoms with Crippen LogP contribution in [0, 0.1) is 6.92 Å². The van der Waals surface area contributed by atoms with Crippen molar-refractivity contribution in [1.82, 2.24) is 4.31 Å². The summed E-state index contributed by atoms with van der Waals surface area (Å²) in [4.78, 5) is 13.0. The molecule has 0 aliphatic heterocycles. The van der Waals surface area contributed by atoms with Gasteiger partial charge in [0.05, 0.1) is 10.9 Å². The first kappa shape index (κ1) is 20.1. The molecule has 0 heterocycles. The summed E-state index contributed by atoms with van der Waals surface area (Å²) >= 11 is 0. The van der Waals surface area contributed by atoms with Crippen molar-refractivity contribution in [3.05, 3.63) is 77.4 Å². The van der Waals surface area contributed by atoms with Crippen molar-refractivity contribution in [2.75, 3.05) is 6.54 Å². The van der Waals surface area contributed by atoms with Gasteiger partial charge in [-0.1, -0.05) is 59.7 Å². The van der Waals surface area contributed by atoms with Gasteiger partial charge < -0.3 is 0 Å². The van der Waals surface area contributed by atoms with Gasteiger partial charge in [0.2, 0.25) is 10.0 Å². The lowest BCUT2D eigenvalue weighted by molar-refractivity contribution is 0.0913. The number of benzene rings is 2. The molecule has 0 fully saturated rings. The van der Waals surface area contributed by atoms with E-state index in [0.717, 1.165) is 11.1 Å². The third-order valence-electron chi connectivity index (χ3n) is 4.18. The molecule has 0 N–H and O–H groups in total. The Labute approximate surface area is 156 Å². The van der Waals surface area contributed by atoms with E-state index in [0.29, 0.717) is 5.56 Å². The van der Waals surface area contributed by atoms with E-state index in [1.54, 1.807) is 55.5 Å². The molecular weight excluding hydrogens is 346 g/mol. The van der Waals surface area contributed by atoms with Gasteiger partial charge in [-0.2, -0.15) is 4.31 Å². The molecule has 0 amide bonds. The van der Waals surface area contributed by atoms with Gasteiger partial charge in [-0.25, -0.2) is 8.42 Å². The van der Waals surface area contributed by atoms with E-state index >= 15 is 0 Å². The van der Waals surface area contributed by atoms with E-state index in [9.17, 15) is 13.2 Å². The fourth-order valence-electron chi connectivity index (χ4n) is 2.56. The molecule has 2 aromatic rings. The van der Waals surface area contributed by atoms with Crippen molar-refractivity contribution in [2.24, 2.45) is 0 Å². The van der Waals surface area contributed by atoms with Gasteiger partial charge in [-0.15, -0.1) is 0 Å². The van der Waals surface area contributed by atoms with E-state index in [4.69, 9.17) is 0 Å². The summed E-state index contributed by atoms with van der Waals surface area (Å²) in [6, 6.07) is 14.7. The molecule has 4 nitrogen and oxygen atoms in total. The number of hydrogen-bond donors (Lipinski definition) is 0. The summed E-state index contributed by atoms with van der Waals surface area (Å²) < 4.78 is 27.6. The molecule has 0 bridgehead atoms. The van der Waals surface area contributed by atoms with Crippen LogP contribution < -0.4 is 0 Å². The first-order chi connectivity index (χ1) is 12.2. The number of rotatable bonds is 7. The Balaban J connectivity index is 2.43. The zero-order valence-electron chi connectivity index (χ0n) is 15.6. The second kappa shape index (κ2) is 8.43. The van der Waals surface area contributed by atoms with Gasteiger partial charge in [0, 0.05) is 12.1 Å². The Kier molecular flexibility index (Phi) is 6.51. The number of hydrogen-bond acceptors (Lipinski definition) is 3. The smallest absolute Gasteiger partial charge is 0.244 e. The van der Waals surface area contributed by atoms with Crippen LogP contribution in [0.15, 0.2) is 71.1 Å². The van der Waals surface area contributed by atoms with Crippen LogP contribution in [0.25, 0.3) is 0 Å². The van der Waals surface area contributed by atoms with Crippen molar-refractivity contribution < 1.29 is 13.2 Å². The second-order valence-corrected chi connectivity index (χ2v) is 8.47. The number of carbonyl (C=O) groups excluding carboxylic acids is 1. The van der Waals surface area contributed by atoms with Crippen LogP contribution in [0.1, 0.15) is 36.7 Å². The highest BCUT2D eigenvalue weighted by atomic mass is 32.2. The topological polar surface area (TPSA) is 54.5 Å². The van der Waals surface area contributed by atoms with Gasteiger partial charge in [-0.05, 0) is 39.8 Å². The number of nitrogens with zero attached hydrogens (tertiary/aromatic N) is 1. The molecule has 26 heavy (non-hydrogen) atoms. The second-order valence-electron chi connectivity index (χ2n) is 6.58. The summed E-state index contributed by atoms with van der Waals surface area (Å²) in [6.07, 6.45) is 1.82. The maximum atomic E-state index is 13.2. The first-order valence-electron chi connectivity index (χ1n) is 8.54. The van der Waals surface area contributed by atoms with Gasteiger partial charge in [0.25, 0.3) is 0 Å². The minimum absolute atomic E-state index is 0.151. The van der Waals surface area contributed by atoms with Crippen LogP contribution in [0.2, 0.25) is 0 Å². The number of allylic oxidation sites excluding steroid dienone is 1. The van der Waals surface area contributed by atoms with E-state index in [1.807, 2.05) is 32.9 Å². The van der Waals surface area contributed by atoms with Crippen LogP contribution in [-0.2, 0) is 10.0 Å². The predicted octanol–water partition coefficient (Wildman–Crippen LogP) is 4.22. The van der Waals surface area contributed by atoms with Crippen molar-refractivity contribution in [3.8, 4) is 0 Å². The molecule has 0 aromatic heterocycles. The normalized spacial score (nSPS) is 12.7. The van der Waals surface area contributed by atoms with Crippen molar-refractivity contribution in [3.63, 3.8) is 0 Å². The highest BCUT2D eigenvalue weighted by molar-refractivity contribution is 7.89. The van der Waals surface area contributed by atoms with Crippen LogP contribution in [0.4, 0.5) is 0 Å². The summed E-state index contributed by atoms with van der Waals surface area (Å²) in [5, 5.41) is 0. The van der Waals surface area contributed by atoms with Gasteiger partial charge in [-0.3, -0.25) is 4.79 Å². The van der Waals surface area contributed by atoms with Gasteiger partial charge >= 0.3 is 0 Å². The molecule has 2 rings (SSSR count). The largest absolute Gasteiger partial charge is 0.292 e. The molecule has 0 saturated heterocycles. The number of sulfonamides is 1. The molecule has 2 aromatic carbocycles. The number of carbonyl (C=O) groups is 1. The minimum atomic E-state index is -3.80. The van der Waals surface area contributed by atoms with Crippen molar-refractivity contribution in [1.29, 1.82) is 0 Å². The highest BCUT2D eigenvalue weighted by Gasteiger charge is 2.32. The fourth-order valence-corrected chi connectivity index (χ4v) is 4.09. The zero-order chi connectivity index (χ0) is 19.3. The fraction of sp³-hybridized carbons (Fsp3) is 0.286. The standard InChI is InChI=1S/C21H25NO3S/c1-16(2)14-15-22(18(4)21(23)19-8-6-5-7-9-19)26(24,25)20-12-10-17(3)11-13-20/h5-14,18H,15H2,1-4H3. The lowest BCUT2D eigenvalue weighted by Gasteiger charge is -2.27. The monoisotopic (exact) mass is 371 g/mol.